The van der Waals surface area contributed by atoms with Crippen LogP contribution < -0.4 is 11.1 Å². The van der Waals surface area contributed by atoms with Crippen LogP contribution in [0.15, 0.2) is 18.2 Å². The first-order valence-electron chi connectivity index (χ1n) is 6.32. The Balaban J connectivity index is 2.96. The van der Waals surface area contributed by atoms with E-state index in [-0.39, 0.29) is 12.5 Å². The van der Waals surface area contributed by atoms with Gasteiger partial charge in [-0.25, -0.2) is 0 Å². The second-order valence-corrected chi connectivity index (χ2v) is 4.85. The number of carbonyl (C=O) groups excluding carboxylic acids is 1. The topological polar surface area (TPSA) is 64.3 Å². The minimum Gasteiger partial charge on any atom is -0.369 e. The second-order valence-electron chi connectivity index (χ2n) is 4.44. The molecule has 0 saturated carbocycles. The molecule has 0 heterocycles. The Hall–Kier alpha value is -1.54. The summed E-state index contributed by atoms with van der Waals surface area (Å²) < 4.78 is 5.26. The van der Waals surface area contributed by atoms with Gasteiger partial charge < -0.3 is 15.8 Å². The second kappa shape index (κ2) is 7.30. The Morgan fingerprint density at radius 2 is 2.25 bits per heavy atom. The minimum absolute atomic E-state index is 0.206. The first-order chi connectivity index (χ1) is 9.46. The fraction of sp³-hybridized carbons (Fsp3) is 0.400. The van der Waals surface area contributed by atoms with Crippen molar-refractivity contribution in [3.8, 4) is 11.8 Å². The molecule has 1 unspecified atom stereocenters. The predicted molar refractivity (Wildman–Crippen MR) is 81.7 cm³/mol. The van der Waals surface area contributed by atoms with Crippen LogP contribution in [0, 0.1) is 11.8 Å². The highest BCUT2D eigenvalue weighted by atomic mass is 35.5. The number of methoxy groups -OCH3 is 1. The van der Waals surface area contributed by atoms with E-state index in [0.717, 1.165) is 0 Å². The third-order valence-corrected chi connectivity index (χ3v) is 3.48. The third-order valence-electron chi connectivity index (χ3n) is 3.15. The van der Waals surface area contributed by atoms with Crippen molar-refractivity contribution in [1.29, 1.82) is 0 Å². The summed E-state index contributed by atoms with van der Waals surface area (Å²) in [5.74, 6) is 5.39. The number of hydrogen-bond acceptors (Lipinski definition) is 3. The number of amides is 1. The molecule has 108 valence electrons. The van der Waals surface area contributed by atoms with Crippen LogP contribution >= 0.6 is 11.6 Å². The number of rotatable bonds is 4. The van der Waals surface area contributed by atoms with Crippen LogP contribution in [-0.4, -0.2) is 25.2 Å². The number of nitrogens with one attached hydrogen (secondary N) is 1. The number of nitrogens with two attached hydrogens (primary N) is 1. The Morgan fingerprint density at radius 1 is 1.55 bits per heavy atom. The summed E-state index contributed by atoms with van der Waals surface area (Å²) in [6.45, 7) is 3.89. The SMILES string of the molecule is CCC(C)(OC)C(=O)Nc1ccc(Cl)c(C#CCN)c1. The van der Waals surface area contributed by atoms with Gasteiger partial charge in [-0.3, -0.25) is 4.79 Å². The Bertz CT molecular complexity index is 543. The monoisotopic (exact) mass is 294 g/mol. The molecule has 0 aromatic heterocycles. The molecular formula is C15H19ClN2O2. The van der Waals surface area contributed by atoms with Crippen LogP contribution in [0.3, 0.4) is 0 Å². The Labute approximate surface area is 124 Å². The summed E-state index contributed by atoms with van der Waals surface area (Å²) >= 11 is 6.03. The van der Waals surface area contributed by atoms with Gasteiger partial charge in [0.1, 0.15) is 5.60 Å². The fourth-order valence-electron chi connectivity index (χ4n) is 1.51. The highest BCUT2D eigenvalue weighted by molar-refractivity contribution is 6.31. The lowest BCUT2D eigenvalue weighted by Gasteiger charge is -2.25. The molecule has 20 heavy (non-hydrogen) atoms. The van der Waals surface area contributed by atoms with Crippen LogP contribution in [0.2, 0.25) is 5.02 Å². The summed E-state index contributed by atoms with van der Waals surface area (Å²) in [4.78, 5) is 12.2. The van der Waals surface area contributed by atoms with Gasteiger partial charge in [0.15, 0.2) is 0 Å². The first-order valence-corrected chi connectivity index (χ1v) is 6.69. The van der Waals surface area contributed by atoms with E-state index >= 15 is 0 Å². The fourth-order valence-corrected chi connectivity index (χ4v) is 1.67. The van der Waals surface area contributed by atoms with Gasteiger partial charge in [-0.05, 0) is 31.5 Å². The smallest absolute Gasteiger partial charge is 0.256 e. The summed E-state index contributed by atoms with van der Waals surface area (Å²) in [7, 11) is 1.52. The van der Waals surface area contributed by atoms with Crippen LogP contribution in [0.25, 0.3) is 0 Å². The molecule has 0 aliphatic rings. The summed E-state index contributed by atoms with van der Waals surface area (Å²) in [5, 5.41) is 3.33. The van der Waals surface area contributed by atoms with Gasteiger partial charge in [0.25, 0.3) is 5.91 Å². The maximum absolute atomic E-state index is 12.2. The molecule has 0 aliphatic heterocycles. The van der Waals surface area contributed by atoms with E-state index < -0.39 is 5.60 Å². The molecule has 0 aliphatic carbocycles. The molecule has 3 N–H and O–H groups in total. The molecule has 0 spiro atoms. The first kappa shape index (κ1) is 16.5. The van der Waals surface area contributed by atoms with Gasteiger partial charge in [0, 0.05) is 18.4 Å². The predicted octanol–water partition coefficient (Wildman–Crippen LogP) is 2.40. The van der Waals surface area contributed by atoms with Gasteiger partial charge in [0.05, 0.1) is 11.6 Å². The largest absolute Gasteiger partial charge is 0.369 e. The summed E-state index contributed by atoms with van der Waals surface area (Å²) in [6.07, 6.45) is 0.572. The lowest BCUT2D eigenvalue weighted by Crippen LogP contribution is -2.41. The van der Waals surface area contributed by atoms with E-state index in [9.17, 15) is 4.79 Å². The van der Waals surface area contributed by atoms with Crippen LogP contribution in [-0.2, 0) is 9.53 Å². The quantitative estimate of drug-likeness (QED) is 0.838. The van der Waals surface area contributed by atoms with E-state index in [1.165, 1.54) is 7.11 Å². The van der Waals surface area contributed by atoms with Crippen molar-refractivity contribution in [2.45, 2.75) is 25.9 Å². The molecular weight excluding hydrogens is 276 g/mol. The van der Waals surface area contributed by atoms with Gasteiger partial charge >= 0.3 is 0 Å². The molecule has 0 bridgehead atoms. The van der Waals surface area contributed by atoms with Crippen molar-refractivity contribution in [1.82, 2.24) is 0 Å². The van der Waals surface area contributed by atoms with Crippen molar-refractivity contribution in [2.24, 2.45) is 5.73 Å². The zero-order valence-corrected chi connectivity index (χ0v) is 12.7. The number of halogens is 1. The standard InChI is InChI=1S/C15H19ClN2O2/c1-4-15(2,20-3)14(19)18-12-7-8-13(16)11(10-12)6-5-9-17/h7-8,10H,4,9,17H2,1-3H3,(H,18,19). The molecule has 0 radical (unpaired) electrons. The maximum atomic E-state index is 12.2. The average molecular weight is 295 g/mol. The number of benzene rings is 1. The molecule has 1 amide bonds. The lowest BCUT2D eigenvalue weighted by atomic mass is 10.0. The van der Waals surface area contributed by atoms with Crippen molar-refractivity contribution in [3.05, 3.63) is 28.8 Å². The Kier molecular flexibility index (Phi) is 6.03. The molecule has 1 aromatic rings. The van der Waals surface area contributed by atoms with E-state index in [2.05, 4.69) is 17.2 Å². The molecule has 5 heteroatoms. The summed E-state index contributed by atoms with van der Waals surface area (Å²) in [5.41, 5.74) is 5.73. The molecule has 1 rings (SSSR count). The zero-order valence-electron chi connectivity index (χ0n) is 11.9. The lowest BCUT2D eigenvalue weighted by molar-refractivity contribution is -0.136. The average Bonchev–Trinajstić information content (AvgIpc) is 2.46. The Morgan fingerprint density at radius 3 is 2.80 bits per heavy atom. The van der Waals surface area contributed by atoms with Crippen LogP contribution in [0.4, 0.5) is 5.69 Å². The number of ether oxygens (including phenoxy) is 1. The van der Waals surface area contributed by atoms with Gasteiger partial charge in [-0.2, -0.15) is 0 Å². The van der Waals surface area contributed by atoms with E-state index in [1.807, 2.05) is 6.92 Å². The van der Waals surface area contributed by atoms with E-state index in [1.54, 1.807) is 25.1 Å². The van der Waals surface area contributed by atoms with Crippen molar-refractivity contribution < 1.29 is 9.53 Å². The van der Waals surface area contributed by atoms with Crippen molar-refractivity contribution in [2.75, 3.05) is 19.0 Å². The zero-order chi connectivity index (χ0) is 15.2. The van der Waals surface area contributed by atoms with Crippen molar-refractivity contribution in [3.63, 3.8) is 0 Å². The van der Waals surface area contributed by atoms with Gasteiger partial charge in [0.2, 0.25) is 0 Å². The molecule has 1 aromatic carbocycles. The normalized spacial score (nSPS) is 13.1. The van der Waals surface area contributed by atoms with Crippen molar-refractivity contribution >= 4 is 23.2 Å². The molecule has 1 atom stereocenters. The number of hydrogen-bond donors (Lipinski definition) is 2. The van der Waals surface area contributed by atoms with E-state index in [4.69, 9.17) is 22.1 Å². The van der Waals surface area contributed by atoms with Gasteiger partial charge in [-0.15, -0.1) is 0 Å². The number of anilines is 1. The number of carbonyl (C=O) groups is 1. The maximum Gasteiger partial charge on any atom is 0.256 e. The van der Waals surface area contributed by atoms with Crippen LogP contribution in [0.1, 0.15) is 25.8 Å². The minimum atomic E-state index is -0.858. The molecule has 4 nitrogen and oxygen atoms in total. The summed E-state index contributed by atoms with van der Waals surface area (Å²) in [6, 6.07) is 5.13. The van der Waals surface area contributed by atoms with Gasteiger partial charge in [-0.1, -0.05) is 30.4 Å². The van der Waals surface area contributed by atoms with Crippen LogP contribution in [0.5, 0.6) is 0 Å². The van der Waals surface area contributed by atoms with E-state index in [0.29, 0.717) is 22.7 Å². The highest BCUT2D eigenvalue weighted by Gasteiger charge is 2.30. The molecule has 0 fully saturated rings. The highest BCUT2D eigenvalue weighted by Crippen LogP contribution is 2.22. The third kappa shape index (κ3) is 3.97. The molecule has 0 saturated heterocycles.